The first-order chi connectivity index (χ1) is 15.0. The molecule has 0 amide bonds. The van der Waals surface area contributed by atoms with Crippen molar-refractivity contribution in [3.05, 3.63) is 64.6 Å². The molecule has 0 saturated carbocycles. The van der Waals surface area contributed by atoms with Gasteiger partial charge in [0.1, 0.15) is 10.7 Å². The second kappa shape index (κ2) is 7.95. The van der Waals surface area contributed by atoms with Gasteiger partial charge in [0.25, 0.3) is 0 Å². The van der Waals surface area contributed by atoms with E-state index in [0.29, 0.717) is 16.6 Å². The number of thiazole rings is 1. The minimum atomic E-state index is -4.57. The van der Waals surface area contributed by atoms with E-state index in [1.807, 2.05) is 13.0 Å². The number of hydrogen-bond donors (Lipinski definition) is 2. The minimum absolute atomic E-state index is 0.101. The molecule has 1 unspecified atom stereocenters. The number of alkyl halides is 3. The molecular formula is C20H17F3N6O2S. The lowest BCUT2D eigenvalue weighted by Crippen LogP contribution is -2.24. The third-order valence-electron chi connectivity index (χ3n) is 4.45. The van der Waals surface area contributed by atoms with Crippen LogP contribution in [0, 0.1) is 13.8 Å². The number of nitrogens with zero attached hydrogens (tertiary/aromatic N) is 5. The van der Waals surface area contributed by atoms with Crippen LogP contribution in [0.25, 0.3) is 10.4 Å². The number of aromatic nitrogens is 5. The molecule has 12 heteroatoms. The molecule has 1 aromatic carbocycles. The number of anilines is 2. The van der Waals surface area contributed by atoms with Crippen LogP contribution in [0.2, 0.25) is 0 Å². The molecule has 3 heterocycles. The summed E-state index contributed by atoms with van der Waals surface area (Å²) in [7, 11) is 0. The highest BCUT2D eigenvalue weighted by molar-refractivity contribution is 7.15. The van der Waals surface area contributed by atoms with Crippen LogP contribution in [0.1, 0.15) is 34.9 Å². The van der Waals surface area contributed by atoms with Gasteiger partial charge in [0.05, 0.1) is 4.88 Å². The Hall–Kier alpha value is -3.38. The summed E-state index contributed by atoms with van der Waals surface area (Å²) in [5.41, 5.74) is -0.461. The number of aryl methyl sites for hydroxylation is 2. The lowest BCUT2D eigenvalue weighted by molar-refractivity contribution is -0.141. The summed E-state index contributed by atoms with van der Waals surface area (Å²) in [5.74, 6) is 0.254. The molecule has 0 bridgehead atoms. The van der Waals surface area contributed by atoms with Crippen molar-refractivity contribution in [1.29, 1.82) is 0 Å². The van der Waals surface area contributed by atoms with Crippen LogP contribution in [0.3, 0.4) is 0 Å². The Labute approximate surface area is 184 Å². The number of halogens is 3. The lowest BCUT2D eigenvalue weighted by atomic mass is 10.1. The zero-order valence-electron chi connectivity index (χ0n) is 17.1. The van der Waals surface area contributed by atoms with Crippen LogP contribution in [0.4, 0.5) is 24.8 Å². The Kier molecular flexibility index (Phi) is 5.42. The van der Waals surface area contributed by atoms with Gasteiger partial charge < -0.3 is 14.9 Å². The van der Waals surface area contributed by atoms with Gasteiger partial charge in [-0.05, 0) is 43.2 Å². The van der Waals surface area contributed by atoms with E-state index >= 15 is 0 Å². The highest BCUT2D eigenvalue weighted by Crippen LogP contribution is 2.36. The summed E-state index contributed by atoms with van der Waals surface area (Å²) < 4.78 is 43.7. The molecule has 0 aliphatic heterocycles. The van der Waals surface area contributed by atoms with Crippen LogP contribution in [-0.4, -0.2) is 30.2 Å². The molecule has 0 aliphatic rings. The zero-order valence-corrected chi connectivity index (χ0v) is 17.9. The van der Waals surface area contributed by atoms with Crippen LogP contribution in [0.5, 0.6) is 0 Å². The van der Waals surface area contributed by atoms with E-state index in [1.54, 1.807) is 25.3 Å². The molecule has 0 fully saturated rings. The highest BCUT2D eigenvalue weighted by atomic mass is 32.1. The van der Waals surface area contributed by atoms with Gasteiger partial charge in [0, 0.05) is 25.0 Å². The van der Waals surface area contributed by atoms with Crippen molar-refractivity contribution in [2.45, 2.75) is 32.5 Å². The molecule has 0 saturated heterocycles. The summed E-state index contributed by atoms with van der Waals surface area (Å²) in [5, 5.41) is 17.8. The van der Waals surface area contributed by atoms with Crippen molar-refractivity contribution in [2.24, 2.45) is 0 Å². The Morgan fingerprint density at radius 2 is 1.88 bits per heavy atom. The molecule has 2 N–H and O–H groups in total. The molecule has 3 aromatic heterocycles. The van der Waals surface area contributed by atoms with Gasteiger partial charge in [-0.2, -0.15) is 18.2 Å². The Balaban J connectivity index is 1.63. The fourth-order valence-electron chi connectivity index (χ4n) is 2.93. The van der Waals surface area contributed by atoms with E-state index in [4.69, 9.17) is 4.52 Å². The van der Waals surface area contributed by atoms with Crippen molar-refractivity contribution >= 4 is 23.0 Å². The maximum Gasteiger partial charge on any atom is 0.433 e. The SMILES string of the molecule is Cc1cc(Nc2nccc(C(F)(F)F)n2)cc(-c2cnc(C(C)(O)c3noc(C)n3)s2)c1. The maximum absolute atomic E-state index is 12.9. The second-order valence-electron chi connectivity index (χ2n) is 7.21. The fourth-order valence-corrected chi connectivity index (χ4v) is 3.87. The molecule has 4 aromatic rings. The van der Waals surface area contributed by atoms with Crippen LogP contribution >= 0.6 is 11.3 Å². The van der Waals surface area contributed by atoms with Crippen molar-refractivity contribution in [2.75, 3.05) is 5.32 Å². The number of aliphatic hydroxyl groups is 1. The van der Waals surface area contributed by atoms with Crippen molar-refractivity contribution < 1.29 is 22.8 Å². The van der Waals surface area contributed by atoms with Gasteiger partial charge >= 0.3 is 6.18 Å². The zero-order chi connectivity index (χ0) is 23.1. The Morgan fingerprint density at radius 3 is 2.56 bits per heavy atom. The quantitative estimate of drug-likeness (QED) is 0.442. The largest absolute Gasteiger partial charge is 0.433 e. The molecule has 0 spiro atoms. The minimum Gasteiger partial charge on any atom is -0.375 e. The molecule has 166 valence electrons. The number of rotatable bonds is 5. The average molecular weight is 462 g/mol. The van der Waals surface area contributed by atoms with Crippen molar-refractivity contribution in [3.8, 4) is 10.4 Å². The molecule has 1 atom stereocenters. The molecule has 8 nitrogen and oxygen atoms in total. The van der Waals surface area contributed by atoms with E-state index in [-0.39, 0.29) is 11.8 Å². The number of benzene rings is 1. The number of nitrogens with one attached hydrogen (secondary N) is 1. The first kappa shape index (κ1) is 21.8. The summed E-state index contributed by atoms with van der Waals surface area (Å²) >= 11 is 1.24. The molecule has 32 heavy (non-hydrogen) atoms. The smallest absolute Gasteiger partial charge is 0.375 e. The Morgan fingerprint density at radius 1 is 1.09 bits per heavy atom. The van der Waals surface area contributed by atoms with Crippen LogP contribution < -0.4 is 5.32 Å². The number of hydrogen-bond acceptors (Lipinski definition) is 9. The standard InChI is InChI=1S/C20H17F3N6O2S/c1-10-6-12(8-13(7-10)27-18-24-5-4-15(28-18)20(21,22)23)14-9-25-17(32-14)19(3,30)16-26-11(2)31-29-16/h4-9,30H,1-3H3,(H,24,27,28). The first-order valence-corrected chi connectivity index (χ1v) is 10.1. The average Bonchev–Trinajstić information content (AvgIpc) is 3.37. The van der Waals surface area contributed by atoms with E-state index < -0.39 is 17.5 Å². The molecular weight excluding hydrogens is 445 g/mol. The molecule has 0 aliphatic carbocycles. The third kappa shape index (κ3) is 4.46. The van der Waals surface area contributed by atoms with Gasteiger partial charge in [-0.15, -0.1) is 11.3 Å². The van der Waals surface area contributed by atoms with Crippen LogP contribution in [-0.2, 0) is 11.8 Å². The molecule has 4 rings (SSSR count). The van der Waals surface area contributed by atoms with Gasteiger partial charge in [-0.3, -0.25) is 0 Å². The first-order valence-electron chi connectivity index (χ1n) is 9.31. The van der Waals surface area contributed by atoms with Crippen molar-refractivity contribution in [1.82, 2.24) is 25.1 Å². The van der Waals surface area contributed by atoms with Gasteiger partial charge in [-0.25, -0.2) is 15.0 Å². The topological polar surface area (TPSA) is 110 Å². The van der Waals surface area contributed by atoms with Gasteiger partial charge in [0.2, 0.25) is 17.7 Å². The van der Waals surface area contributed by atoms with Gasteiger partial charge in [0.15, 0.2) is 5.60 Å². The monoisotopic (exact) mass is 462 g/mol. The Bertz CT molecular complexity index is 1270. The summed E-state index contributed by atoms with van der Waals surface area (Å²) in [6.07, 6.45) is -1.92. The summed E-state index contributed by atoms with van der Waals surface area (Å²) in [4.78, 5) is 16.5. The van der Waals surface area contributed by atoms with Gasteiger partial charge in [-0.1, -0.05) is 11.2 Å². The fraction of sp³-hybridized carbons (Fsp3) is 0.250. The van der Waals surface area contributed by atoms with E-state index in [1.165, 1.54) is 18.3 Å². The lowest BCUT2D eigenvalue weighted by Gasteiger charge is -2.15. The van der Waals surface area contributed by atoms with E-state index in [2.05, 4.69) is 30.4 Å². The predicted octanol–water partition coefficient (Wildman–Crippen LogP) is 4.62. The maximum atomic E-state index is 12.9. The third-order valence-corrected chi connectivity index (χ3v) is 5.71. The van der Waals surface area contributed by atoms with E-state index in [9.17, 15) is 18.3 Å². The van der Waals surface area contributed by atoms with Crippen molar-refractivity contribution in [3.63, 3.8) is 0 Å². The summed E-state index contributed by atoms with van der Waals surface area (Å²) in [6, 6.07) is 6.19. The highest BCUT2D eigenvalue weighted by Gasteiger charge is 2.35. The molecule has 0 radical (unpaired) electrons. The second-order valence-corrected chi connectivity index (χ2v) is 8.25. The summed E-state index contributed by atoms with van der Waals surface area (Å²) in [6.45, 7) is 4.99. The van der Waals surface area contributed by atoms with Crippen LogP contribution in [0.15, 0.2) is 41.2 Å². The normalized spacial score (nSPS) is 13.7. The van der Waals surface area contributed by atoms with E-state index in [0.717, 1.165) is 28.3 Å². The predicted molar refractivity (Wildman–Crippen MR) is 110 cm³/mol.